The summed E-state index contributed by atoms with van der Waals surface area (Å²) < 4.78 is 206. The van der Waals surface area contributed by atoms with E-state index in [1.807, 2.05) is 0 Å². The van der Waals surface area contributed by atoms with Crippen molar-refractivity contribution in [2.24, 2.45) is 0 Å². The number of para-hydroxylation sites is 2. The van der Waals surface area contributed by atoms with E-state index in [1.54, 1.807) is 36.4 Å². The molecule has 10 rings (SSSR count). The van der Waals surface area contributed by atoms with E-state index >= 15 is 0 Å². The van der Waals surface area contributed by atoms with Crippen molar-refractivity contribution in [3.8, 4) is 61.6 Å². The fourth-order valence-corrected chi connectivity index (χ4v) is 6.67. The Labute approximate surface area is 341 Å². The molecule has 2 nitrogen and oxygen atoms in total. The zero-order chi connectivity index (χ0) is 55.2. The summed E-state index contributed by atoms with van der Waals surface area (Å²) in [6.45, 7) is 0. The van der Waals surface area contributed by atoms with E-state index in [9.17, 15) is 5.48 Å². The average molecular weight is 698 g/mol. The molecule has 0 spiro atoms. The van der Waals surface area contributed by atoms with Gasteiger partial charge < -0.3 is 0 Å². The molecule has 0 radical (unpaired) electrons. The van der Waals surface area contributed by atoms with Crippen LogP contribution in [0, 0.1) is 0 Å². The van der Waals surface area contributed by atoms with E-state index in [0.29, 0.717) is 11.0 Å². The van der Waals surface area contributed by atoms with Crippen molar-refractivity contribution in [2.75, 3.05) is 0 Å². The molecule has 0 amide bonds. The smallest absolute Gasteiger partial charge is 0.145 e. The van der Waals surface area contributed by atoms with Crippen molar-refractivity contribution in [3.05, 3.63) is 206 Å². The molecule has 2 heteroatoms. The second kappa shape index (κ2) is 12.9. The molecule has 1 heterocycles. The number of benzene rings is 9. The molecule has 1 aromatic heterocycles. The van der Waals surface area contributed by atoms with Crippen molar-refractivity contribution >= 4 is 32.6 Å². The lowest BCUT2D eigenvalue weighted by molar-refractivity contribution is 1.10. The molecule has 9 aromatic carbocycles. The van der Waals surface area contributed by atoms with E-state index in [2.05, 4.69) is 0 Å². The Morgan fingerprint density at radius 3 is 1.42 bits per heavy atom. The lowest BCUT2D eigenvalue weighted by Crippen LogP contribution is -1.98. The van der Waals surface area contributed by atoms with Crippen LogP contribution in [0.25, 0.3) is 94.2 Å². The Morgan fingerprint density at radius 2 is 0.849 bits per heavy atom. The van der Waals surface area contributed by atoms with Gasteiger partial charge in [0.25, 0.3) is 0 Å². The number of imidazole rings is 1. The number of hydrogen-bond donors (Lipinski definition) is 0. The molecule has 0 fully saturated rings. The normalized spacial score (nSPS) is 17.5. The maximum absolute atomic E-state index is 9.63. The quantitative estimate of drug-likeness (QED) is 0.158. The van der Waals surface area contributed by atoms with Gasteiger partial charge in [0.2, 0.25) is 0 Å². The van der Waals surface area contributed by atoms with Crippen LogP contribution in [0.15, 0.2) is 206 Å². The van der Waals surface area contributed by atoms with Crippen LogP contribution < -0.4 is 0 Å². The minimum atomic E-state index is -0.778. The molecule has 0 unspecified atom stereocenters. The first-order valence-corrected chi connectivity index (χ1v) is 16.2. The highest BCUT2D eigenvalue weighted by Crippen LogP contribution is 2.45. The van der Waals surface area contributed by atoms with Gasteiger partial charge in [0.15, 0.2) is 0 Å². The predicted molar refractivity (Wildman–Crippen MR) is 223 cm³/mol. The molecule has 0 N–H and O–H groups in total. The monoisotopic (exact) mass is 697 g/mol. The summed E-state index contributed by atoms with van der Waals surface area (Å²) in [7, 11) is 0. The number of nitrogens with zero attached hydrogens (tertiary/aromatic N) is 2. The first-order chi connectivity index (χ1) is 35.8. The van der Waals surface area contributed by atoms with Crippen LogP contribution in [0.5, 0.6) is 0 Å². The van der Waals surface area contributed by atoms with E-state index in [1.165, 1.54) is 34.9 Å². The van der Waals surface area contributed by atoms with E-state index in [0.717, 1.165) is 0 Å². The maximum atomic E-state index is 9.63. The topological polar surface area (TPSA) is 17.8 Å². The minimum Gasteiger partial charge on any atom is -0.292 e. The highest BCUT2D eigenvalue weighted by Gasteiger charge is 2.20. The van der Waals surface area contributed by atoms with Crippen LogP contribution in [0.3, 0.4) is 0 Å². The van der Waals surface area contributed by atoms with Gasteiger partial charge in [0.05, 0.1) is 42.6 Å². The Morgan fingerprint density at radius 1 is 0.377 bits per heavy atom. The van der Waals surface area contributed by atoms with Crippen molar-refractivity contribution in [3.63, 3.8) is 0 Å². The number of hydrogen-bond acceptors (Lipinski definition) is 1. The zero-order valence-corrected chi connectivity index (χ0v) is 27.2. The van der Waals surface area contributed by atoms with Crippen LogP contribution >= 0.6 is 0 Å². The Hall–Kier alpha value is -7.03. The molecule has 53 heavy (non-hydrogen) atoms. The molecule has 248 valence electrons. The molecule has 0 saturated heterocycles. The summed E-state index contributed by atoms with van der Waals surface area (Å²) in [5.74, 6) is -0.0711. The fourth-order valence-electron chi connectivity index (χ4n) is 6.67. The molecule has 0 saturated carbocycles. The number of rotatable bonds is 6. The largest absolute Gasteiger partial charge is 0.292 e. The van der Waals surface area contributed by atoms with Crippen LogP contribution in [-0.2, 0) is 0 Å². The molecule has 0 aliphatic heterocycles. The first-order valence-electron chi connectivity index (χ1n) is 27.7. The Kier molecular flexibility index (Phi) is 3.73. The molecule has 0 aliphatic carbocycles. The minimum absolute atomic E-state index is 0.0711. The van der Waals surface area contributed by atoms with Gasteiger partial charge in [-0.1, -0.05) is 163 Å². The van der Waals surface area contributed by atoms with Crippen molar-refractivity contribution in [1.29, 1.82) is 0 Å². The van der Waals surface area contributed by atoms with Gasteiger partial charge in [-0.25, -0.2) is 4.98 Å². The highest BCUT2D eigenvalue weighted by molar-refractivity contribution is 6.21. The predicted octanol–water partition coefficient (Wildman–Crippen LogP) is 13.7. The van der Waals surface area contributed by atoms with Gasteiger partial charge in [-0.05, 0) is 109 Å². The molecule has 10 aromatic rings. The summed E-state index contributed by atoms with van der Waals surface area (Å²) in [4.78, 5) is 4.73. The second-order valence-corrected chi connectivity index (χ2v) is 11.9. The SMILES string of the molecule is [2H]c1c([2H])c([2H])c(-c2cc(-c3c([2H])c([2H])c([2H])c([2H])c3[2H])cc(-c3c4c([2H])c([2H])c([2H])c([2H])c4c(-c4cccc(-n5c(-c6c([2H])c([2H])c([2H])c([2H])c6[2H])nc6ccccc65)c4)c4c([2H])c([2H])c([2H])c([2H])c34)c2)c([2H])c1[2H]. The van der Waals surface area contributed by atoms with Crippen LogP contribution in [0.4, 0.5) is 0 Å². The fraction of sp³-hybridized carbons (Fsp3) is 0. The van der Waals surface area contributed by atoms with Crippen molar-refractivity contribution in [2.45, 2.75) is 0 Å². The standard InChI is InChI=1S/C51H34N2/c1-4-17-35(18-5-1)39-31-40(36-19-6-2-7-20-36)33-41(32-39)50-45-27-12-10-25-43(45)49(44-26-11-13-28-46(44)50)38-23-16-24-42(34-38)53-48-30-15-14-29-47(48)52-51(53)37-21-8-3-9-22-37/h1-34H/i1D,2D,3D,4D,5D,6D,7D,8D,9D,10D,11D,12D,13D,17D,18D,19D,20D,21D,22D,25D,26D,27D,28D. The number of fused-ring (bicyclic) bond motifs is 3. The van der Waals surface area contributed by atoms with Gasteiger partial charge in [0, 0.05) is 11.3 Å². The van der Waals surface area contributed by atoms with Crippen LogP contribution in [0.2, 0.25) is 0 Å². The third kappa shape index (κ3) is 5.40. The Balaban J connectivity index is 1.40. The summed E-state index contributed by atoms with van der Waals surface area (Å²) in [6, 6.07) is 0.589. The van der Waals surface area contributed by atoms with E-state index in [-0.39, 0.29) is 72.0 Å². The second-order valence-electron chi connectivity index (χ2n) is 11.9. The van der Waals surface area contributed by atoms with Gasteiger partial charge in [-0.15, -0.1) is 0 Å². The highest BCUT2D eigenvalue weighted by atomic mass is 15.1. The molecule has 0 atom stereocenters. The van der Waals surface area contributed by atoms with E-state index in [4.69, 9.17) is 31.0 Å². The third-order valence-corrected chi connectivity index (χ3v) is 8.85. The first kappa shape index (κ1) is 15.3. The van der Waals surface area contributed by atoms with Crippen LogP contribution in [0.1, 0.15) is 31.5 Å². The Bertz CT molecular complexity index is 4020. The lowest BCUT2D eigenvalue weighted by atomic mass is 9.84. The average Bonchev–Trinajstić information content (AvgIpc) is 3.87. The van der Waals surface area contributed by atoms with Gasteiger partial charge in [-0.2, -0.15) is 0 Å². The van der Waals surface area contributed by atoms with Crippen molar-refractivity contribution < 1.29 is 31.5 Å². The van der Waals surface area contributed by atoms with Gasteiger partial charge in [-0.3, -0.25) is 4.57 Å². The lowest BCUT2D eigenvalue weighted by Gasteiger charge is -2.20. The van der Waals surface area contributed by atoms with Crippen LogP contribution in [-0.4, -0.2) is 9.55 Å². The molecular weight excluding hydrogens is 641 g/mol. The molecule has 0 bridgehead atoms. The zero-order valence-electron chi connectivity index (χ0n) is 50.2. The van der Waals surface area contributed by atoms with E-state index < -0.39 is 150 Å². The van der Waals surface area contributed by atoms with Gasteiger partial charge >= 0.3 is 0 Å². The summed E-state index contributed by atoms with van der Waals surface area (Å²) in [5.41, 5.74) is -0.958. The summed E-state index contributed by atoms with van der Waals surface area (Å²) in [5, 5.41) is -1.23. The summed E-state index contributed by atoms with van der Waals surface area (Å²) >= 11 is 0. The molecular formula is C51H34N2. The van der Waals surface area contributed by atoms with Gasteiger partial charge in [0.1, 0.15) is 5.82 Å². The number of aromatic nitrogens is 2. The summed E-state index contributed by atoms with van der Waals surface area (Å²) in [6.07, 6.45) is 0. The van der Waals surface area contributed by atoms with Crippen molar-refractivity contribution in [1.82, 2.24) is 9.55 Å². The molecule has 0 aliphatic rings. The third-order valence-electron chi connectivity index (χ3n) is 8.85. The maximum Gasteiger partial charge on any atom is 0.145 e.